The number of carbonyl (C=O) groups excluding carboxylic acids is 1. The van der Waals surface area contributed by atoms with Crippen molar-refractivity contribution in [1.82, 2.24) is 20.3 Å². The maximum absolute atomic E-state index is 12.5. The molecule has 1 aliphatic rings. The molecule has 3 aromatic rings. The second-order valence-corrected chi connectivity index (χ2v) is 6.96. The van der Waals surface area contributed by atoms with E-state index in [9.17, 15) is 4.79 Å². The smallest absolute Gasteiger partial charge is 0.316 e. The van der Waals surface area contributed by atoms with Crippen LogP contribution in [0.25, 0.3) is 10.9 Å². The molecule has 1 saturated carbocycles. The molecule has 134 valence electrons. The highest BCUT2D eigenvalue weighted by atomic mass is 35.5. The standard InChI is InChI=1S/C19H19ClN4O2/c20-13-10-21-19(22-11-13)26-15-7-5-14(6-8-15)23-18(25)17-9-12-3-1-2-4-16(12)24-17/h1-4,9-11,14-15,24H,5-8H2,(H,23,25). The summed E-state index contributed by atoms with van der Waals surface area (Å²) < 4.78 is 5.79. The van der Waals surface area contributed by atoms with Gasteiger partial charge in [-0.15, -0.1) is 0 Å². The number of fused-ring (bicyclic) bond motifs is 1. The second kappa shape index (κ2) is 7.33. The Kier molecular flexibility index (Phi) is 4.75. The molecule has 4 rings (SSSR count). The molecule has 0 radical (unpaired) electrons. The Morgan fingerprint density at radius 2 is 1.88 bits per heavy atom. The number of aromatic nitrogens is 3. The average molecular weight is 371 g/mol. The van der Waals surface area contributed by atoms with Crippen LogP contribution in [-0.4, -0.2) is 33.0 Å². The van der Waals surface area contributed by atoms with Crippen LogP contribution in [0.3, 0.4) is 0 Å². The Hall–Kier alpha value is -2.60. The largest absolute Gasteiger partial charge is 0.460 e. The molecule has 0 bridgehead atoms. The number of nitrogens with zero attached hydrogens (tertiary/aromatic N) is 2. The fourth-order valence-corrected chi connectivity index (χ4v) is 3.39. The molecule has 0 spiro atoms. The summed E-state index contributed by atoms with van der Waals surface area (Å²) in [4.78, 5) is 23.8. The summed E-state index contributed by atoms with van der Waals surface area (Å²) >= 11 is 5.78. The fourth-order valence-electron chi connectivity index (χ4n) is 3.29. The Morgan fingerprint density at radius 1 is 1.15 bits per heavy atom. The molecule has 26 heavy (non-hydrogen) atoms. The van der Waals surface area contributed by atoms with Gasteiger partial charge in [0.1, 0.15) is 11.8 Å². The van der Waals surface area contributed by atoms with Crippen LogP contribution in [0.5, 0.6) is 6.01 Å². The van der Waals surface area contributed by atoms with Crippen molar-refractivity contribution < 1.29 is 9.53 Å². The van der Waals surface area contributed by atoms with Crippen LogP contribution in [0.15, 0.2) is 42.7 Å². The number of benzene rings is 1. The lowest BCUT2D eigenvalue weighted by molar-refractivity contribution is 0.0881. The molecular formula is C19H19ClN4O2. The van der Waals surface area contributed by atoms with E-state index in [-0.39, 0.29) is 18.1 Å². The zero-order chi connectivity index (χ0) is 17.9. The average Bonchev–Trinajstić information content (AvgIpc) is 3.10. The first-order chi connectivity index (χ1) is 12.7. The van der Waals surface area contributed by atoms with Crippen LogP contribution in [-0.2, 0) is 0 Å². The number of carbonyl (C=O) groups is 1. The summed E-state index contributed by atoms with van der Waals surface area (Å²) in [6, 6.07) is 10.3. The third kappa shape index (κ3) is 3.80. The van der Waals surface area contributed by atoms with Crippen LogP contribution in [0.1, 0.15) is 36.2 Å². The van der Waals surface area contributed by atoms with Gasteiger partial charge in [-0.3, -0.25) is 4.79 Å². The van der Waals surface area contributed by atoms with Gasteiger partial charge in [0.25, 0.3) is 5.91 Å². The van der Waals surface area contributed by atoms with Gasteiger partial charge in [0, 0.05) is 16.9 Å². The molecule has 2 N–H and O–H groups in total. The molecule has 2 heterocycles. The van der Waals surface area contributed by atoms with Crippen molar-refractivity contribution in [2.75, 3.05) is 0 Å². The highest BCUT2D eigenvalue weighted by Crippen LogP contribution is 2.23. The predicted octanol–water partition coefficient (Wildman–Crippen LogP) is 3.73. The topological polar surface area (TPSA) is 79.9 Å². The van der Waals surface area contributed by atoms with Gasteiger partial charge in [0.15, 0.2) is 0 Å². The number of nitrogens with one attached hydrogen (secondary N) is 2. The zero-order valence-corrected chi connectivity index (χ0v) is 14.9. The van der Waals surface area contributed by atoms with Gasteiger partial charge in [-0.05, 0) is 37.8 Å². The summed E-state index contributed by atoms with van der Waals surface area (Å²) in [7, 11) is 0. The summed E-state index contributed by atoms with van der Waals surface area (Å²) in [6.45, 7) is 0. The minimum atomic E-state index is -0.0633. The van der Waals surface area contributed by atoms with Crippen LogP contribution in [0.4, 0.5) is 0 Å². The second-order valence-electron chi connectivity index (χ2n) is 6.52. The molecule has 0 unspecified atom stereocenters. The highest BCUT2D eigenvalue weighted by Gasteiger charge is 2.25. The van der Waals surface area contributed by atoms with E-state index in [4.69, 9.17) is 16.3 Å². The van der Waals surface area contributed by atoms with Crippen LogP contribution < -0.4 is 10.1 Å². The van der Waals surface area contributed by atoms with E-state index in [0.29, 0.717) is 16.7 Å². The van der Waals surface area contributed by atoms with Crippen molar-refractivity contribution in [1.29, 1.82) is 0 Å². The molecule has 0 saturated heterocycles. The van der Waals surface area contributed by atoms with Gasteiger partial charge in [-0.1, -0.05) is 29.8 Å². The Bertz CT molecular complexity index is 868. The van der Waals surface area contributed by atoms with Crippen molar-refractivity contribution in [2.45, 2.75) is 37.8 Å². The van der Waals surface area contributed by atoms with E-state index in [1.54, 1.807) is 0 Å². The van der Waals surface area contributed by atoms with Crippen LogP contribution in [0.2, 0.25) is 5.02 Å². The Labute approximate surface area is 155 Å². The highest BCUT2D eigenvalue weighted by molar-refractivity contribution is 6.30. The molecule has 7 heteroatoms. The lowest BCUT2D eigenvalue weighted by atomic mass is 9.93. The number of hydrogen-bond acceptors (Lipinski definition) is 4. The number of halogens is 1. The quantitative estimate of drug-likeness (QED) is 0.733. The predicted molar refractivity (Wildman–Crippen MR) is 99.5 cm³/mol. The van der Waals surface area contributed by atoms with Crippen molar-refractivity contribution in [3.05, 3.63) is 53.4 Å². The first-order valence-corrected chi connectivity index (χ1v) is 9.08. The summed E-state index contributed by atoms with van der Waals surface area (Å²) in [5.74, 6) is -0.0633. The van der Waals surface area contributed by atoms with Gasteiger partial charge in [0.05, 0.1) is 17.4 Å². The molecule has 1 aromatic carbocycles. The molecule has 0 atom stereocenters. The van der Waals surface area contributed by atoms with Crippen molar-refractivity contribution >= 4 is 28.4 Å². The van der Waals surface area contributed by atoms with Crippen molar-refractivity contribution in [2.24, 2.45) is 0 Å². The monoisotopic (exact) mass is 370 g/mol. The van der Waals surface area contributed by atoms with Gasteiger partial charge in [0.2, 0.25) is 0 Å². The minimum absolute atomic E-state index is 0.0633. The molecule has 1 aliphatic carbocycles. The van der Waals surface area contributed by atoms with E-state index in [1.807, 2.05) is 30.3 Å². The van der Waals surface area contributed by atoms with Gasteiger partial charge in [-0.25, -0.2) is 9.97 Å². The van der Waals surface area contributed by atoms with E-state index in [2.05, 4.69) is 20.3 Å². The maximum Gasteiger partial charge on any atom is 0.316 e. The number of aromatic amines is 1. The third-order valence-electron chi connectivity index (χ3n) is 4.65. The van der Waals surface area contributed by atoms with Crippen LogP contribution >= 0.6 is 11.6 Å². The van der Waals surface area contributed by atoms with Gasteiger partial charge >= 0.3 is 6.01 Å². The Balaban J connectivity index is 1.30. The van der Waals surface area contributed by atoms with E-state index in [0.717, 1.165) is 36.6 Å². The molecule has 1 amide bonds. The van der Waals surface area contributed by atoms with E-state index >= 15 is 0 Å². The molecule has 6 nitrogen and oxygen atoms in total. The number of amides is 1. The minimum Gasteiger partial charge on any atom is -0.460 e. The first-order valence-electron chi connectivity index (χ1n) is 8.70. The molecule has 0 aliphatic heterocycles. The molecule has 1 fully saturated rings. The number of H-pyrrole nitrogens is 1. The van der Waals surface area contributed by atoms with Gasteiger partial charge in [-0.2, -0.15) is 0 Å². The summed E-state index contributed by atoms with van der Waals surface area (Å²) in [5.41, 5.74) is 1.57. The van der Waals surface area contributed by atoms with E-state index < -0.39 is 0 Å². The zero-order valence-electron chi connectivity index (χ0n) is 14.1. The van der Waals surface area contributed by atoms with Gasteiger partial charge < -0.3 is 15.0 Å². The Morgan fingerprint density at radius 3 is 2.62 bits per heavy atom. The lowest BCUT2D eigenvalue weighted by Gasteiger charge is -2.28. The fraction of sp³-hybridized carbons (Fsp3) is 0.316. The third-order valence-corrected chi connectivity index (χ3v) is 4.85. The number of rotatable bonds is 4. The normalized spacial score (nSPS) is 20.0. The number of hydrogen-bond donors (Lipinski definition) is 2. The molecule has 2 aromatic heterocycles. The number of para-hydroxylation sites is 1. The summed E-state index contributed by atoms with van der Waals surface area (Å²) in [6.07, 6.45) is 6.55. The van der Waals surface area contributed by atoms with E-state index in [1.165, 1.54) is 12.4 Å². The number of ether oxygens (including phenoxy) is 1. The van der Waals surface area contributed by atoms with Crippen molar-refractivity contribution in [3.8, 4) is 6.01 Å². The first kappa shape index (κ1) is 16.8. The molecular weight excluding hydrogens is 352 g/mol. The SMILES string of the molecule is O=C(NC1CCC(Oc2ncc(Cl)cn2)CC1)c1cc2ccccc2[nH]1. The van der Waals surface area contributed by atoms with Crippen molar-refractivity contribution in [3.63, 3.8) is 0 Å². The lowest BCUT2D eigenvalue weighted by Crippen LogP contribution is -2.39. The van der Waals surface area contributed by atoms with Crippen LogP contribution in [0, 0.1) is 0 Å². The summed E-state index contributed by atoms with van der Waals surface area (Å²) in [5, 5.41) is 4.64. The maximum atomic E-state index is 12.5.